The second kappa shape index (κ2) is 5.66. The minimum Gasteiger partial charge on any atom is -0.380 e. The molecule has 1 aromatic carbocycles. The summed E-state index contributed by atoms with van der Waals surface area (Å²) in [4.78, 5) is 3.83. The van der Waals surface area contributed by atoms with E-state index in [1.54, 1.807) is 12.1 Å². The highest BCUT2D eigenvalue weighted by molar-refractivity contribution is 6.29. The molecule has 0 unspecified atom stereocenters. The van der Waals surface area contributed by atoms with Crippen LogP contribution in [0, 0.1) is 5.82 Å². The Bertz CT molecular complexity index is 596. The van der Waals surface area contributed by atoms with E-state index in [-0.39, 0.29) is 6.54 Å². The molecule has 0 aliphatic heterocycles. The summed E-state index contributed by atoms with van der Waals surface area (Å²) in [7, 11) is 0. The molecule has 2 nitrogen and oxygen atoms in total. The molecule has 0 fully saturated rings. The van der Waals surface area contributed by atoms with Crippen molar-refractivity contribution >= 4 is 17.3 Å². The van der Waals surface area contributed by atoms with Gasteiger partial charge in [-0.25, -0.2) is 9.37 Å². The van der Waals surface area contributed by atoms with E-state index in [1.165, 1.54) is 12.3 Å². The van der Waals surface area contributed by atoms with Crippen molar-refractivity contribution in [1.29, 1.82) is 0 Å². The van der Waals surface area contributed by atoms with E-state index in [0.717, 1.165) is 12.1 Å². The molecule has 0 saturated carbocycles. The smallest absolute Gasteiger partial charge is 0.380 e. The molecular formula is C13H9ClF4N2. The number of hydrogen-bond acceptors (Lipinski definition) is 2. The quantitative estimate of drug-likeness (QED) is 0.667. The first-order chi connectivity index (χ1) is 9.36. The van der Waals surface area contributed by atoms with Crippen LogP contribution in [0.4, 0.5) is 23.2 Å². The minimum atomic E-state index is -4.71. The maximum absolute atomic E-state index is 13.1. The van der Waals surface area contributed by atoms with Crippen LogP contribution in [0.15, 0.2) is 36.5 Å². The van der Waals surface area contributed by atoms with Gasteiger partial charge in [0.15, 0.2) is 0 Å². The molecule has 1 aromatic heterocycles. The Kier molecular flexibility index (Phi) is 4.13. The number of hydrogen-bond donors (Lipinski definition) is 1. The van der Waals surface area contributed by atoms with Gasteiger partial charge in [0.2, 0.25) is 0 Å². The van der Waals surface area contributed by atoms with Crippen molar-refractivity contribution in [3.63, 3.8) is 0 Å². The molecule has 0 bridgehead atoms. The van der Waals surface area contributed by atoms with Crippen LogP contribution < -0.4 is 5.32 Å². The summed E-state index contributed by atoms with van der Waals surface area (Å²) in [5.74, 6) is -1.28. The molecular weight excluding hydrogens is 296 g/mol. The van der Waals surface area contributed by atoms with Crippen LogP contribution in [0.3, 0.4) is 0 Å². The second-order valence-electron chi connectivity index (χ2n) is 4.04. The highest BCUT2D eigenvalue weighted by Gasteiger charge is 2.34. The van der Waals surface area contributed by atoms with Crippen molar-refractivity contribution in [2.75, 3.05) is 5.32 Å². The van der Waals surface area contributed by atoms with Gasteiger partial charge in [0.05, 0.1) is 17.4 Å². The van der Waals surface area contributed by atoms with E-state index in [1.807, 2.05) is 0 Å². The maximum atomic E-state index is 13.1. The fourth-order valence-corrected chi connectivity index (χ4v) is 1.70. The van der Waals surface area contributed by atoms with Crippen LogP contribution in [0.5, 0.6) is 0 Å². The molecule has 7 heteroatoms. The average molecular weight is 305 g/mol. The zero-order valence-electron chi connectivity index (χ0n) is 10.0. The minimum absolute atomic E-state index is 0.118. The lowest BCUT2D eigenvalue weighted by molar-refractivity contribution is -0.140. The van der Waals surface area contributed by atoms with Crippen LogP contribution in [-0.4, -0.2) is 4.98 Å². The molecule has 0 amide bonds. The molecule has 0 saturated heterocycles. The van der Waals surface area contributed by atoms with Gasteiger partial charge in [0, 0.05) is 6.54 Å². The molecule has 106 valence electrons. The van der Waals surface area contributed by atoms with Gasteiger partial charge in [-0.1, -0.05) is 17.7 Å². The summed E-state index contributed by atoms with van der Waals surface area (Å²) in [6, 6.07) is 6.08. The van der Waals surface area contributed by atoms with Crippen molar-refractivity contribution in [3.05, 3.63) is 58.6 Å². The number of halogens is 5. The van der Waals surface area contributed by atoms with E-state index in [4.69, 9.17) is 11.6 Å². The van der Waals surface area contributed by atoms with Crippen LogP contribution in [0.25, 0.3) is 0 Å². The molecule has 2 rings (SSSR count). The zero-order chi connectivity index (χ0) is 14.8. The van der Waals surface area contributed by atoms with E-state index in [2.05, 4.69) is 10.3 Å². The summed E-state index contributed by atoms with van der Waals surface area (Å²) >= 11 is 5.61. The Morgan fingerprint density at radius 3 is 2.50 bits per heavy atom. The Balaban J connectivity index is 2.12. The lowest BCUT2D eigenvalue weighted by atomic mass is 10.1. The summed E-state index contributed by atoms with van der Waals surface area (Å²) in [6.45, 7) is 0.118. The van der Waals surface area contributed by atoms with E-state index >= 15 is 0 Å². The van der Waals surface area contributed by atoms with E-state index in [9.17, 15) is 17.6 Å². The lowest BCUT2D eigenvalue weighted by Crippen LogP contribution is -2.10. The molecule has 20 heavy (non-hydrogen) atoms. The van der Waals surface area contributed by atoms with Gasteiger partial charge in [0.1, 0.15) is 11.0 Å². The standard InChI is InChI=1S/C13H9ClF4N2/c14-12-4-2-9(7-20-12)19-6-8-1-3-11(15)10(5-8)13(16,17)18/h1-5,7,19H,6H2. The number of aromatic nitrogens is 1. The van der Waals surface area contributed by atoms with Crippen LogP contribution in [0.2, 0.25) is 5.15 Å². The van der Waals surface area contributed by atoms with Crippen LogP contribution >= 0.6 is 11.6 Å². The van der Waals surface area contributed by atoms with Gasteiger partial charge in [-0.2, -0.15) is 13.2 Å². The molecule has 0 radical (unpaired) electrons. The number of nitrogens with one attached hydrogen (secondary N) is 1. The summed E-state index contributed by atoms with van der Waals surface area (Å²) in [6.07, 6.45) is -3.25. The first-order valence-corrected chi connectivity index (χ1v) is 5.95. The van der Waals surface area contributed by atoms with E-state index < -0.39 is 17.6 Å². The average Bonchev–Trinajstić information content (AvgIpc) is 2.38. The highest BCUT2D eigenvalue weighted by Crippen LogP contribution is 2.32. The van der Waals surface area contributed by atoms with Crippen LogP contribution in [-0.2, 0) is 12.7 Å². The van der Waals surface area contributed by atoms with Crippen molar-refractivity contribution < 1.29 is 17.6 Å². The Hall–Kier alpha value is -1.82. The monoisotopic (exact) mass is 304 g/mol. The zero-order valence-corrected chi connectivity index (χ0v) is 10.8. The largest absolute Gasteiger partial charge is 0.419 e. The predicted molar refractivity (Wildman–Crippen MR) is 68.0 cm³/mol. The highest BCUT2D eigenvalue weighted by atomic mass is 35.5. The molecule has 1 heterocycles. The fraction of sp³-hybridized carbons (Fsp3) is 0.154. The Morgan fingerprint density at radius 2 is 1.90 bits per heavy atom. The molecule has 2 aromatic rings. The van der Waals surface area contributed by atoms with Gasteiger partial charge in [-0.3, -0.25) is 0 Å². The number of alkyl halides is 3. The molecule has 1 N–H and O–H groups in total. The lowest BCUT2D eigenvalue weighted by Gasteiger charge is -2.11. The van der Waals surface area contributed by atoms with Gasteiger partial charge in [0.25, 0.3) is 0 Å². The van der Waals surface area contributed by atoms with Crippen molar-refractivity contribution in [3.8, 4) is 0 Å². The number of anilines is 1. The topological polar surface area (TPSA) is 24.9 Å². The first-order valence-electron chi connectivity index (χ1n) is 5.57. The Morgan fingerprint density at radius 1 is 1.15 bits per heavy atom. The summed E-state index contributed by atoms with van der Waals surface area (Å²) in [5.41, 5.74) is -0.355. The summed E-state index contributed by atoms with van der Waals surface area (Å²) < 4.78 is 50.8. The number of pyridine rings is 1. The molecule has 0 aliphatic carbocycles. The fourth-order valence-electron chi connectivity index (χ4n) is 1.58. The molecule has 0 spiro atoms. The second-order valence-corrected chi connectivity index (χ2v) is 4.42. The van der Waals surface area contributed by atoms with Crippen LogP contribution in [0.1, 0.15) is 11.1 Å². The normalized spacial score (nSPS) is 11.4. The third-order valence-corrected chi connectivity index (χ3v) is 2.78. The third-order valence-electron chi connectivity index (χ3n) is 2.56. The van der Waals surface area contributed by atoms with Crippen molar-refractivity contribution in [2.45, 2.75) is 12.7 Å². The molecule has 0 aliphatic rings. The SMILES string of the molecule is Fc1ccc(CNc2ccc(Cl)nc2)cc1C(F)(F)F. The van der Waals surface area contributed by atoms with E-state index in [0.29, 0.717) is 16.4 Å². The number of benzene rings is 1. The predicted octanol–water partition coefficient (Wildman–Crippen LogP) is 4.51. The van der Waals surface area contributed by atoms with Crippen molar-refractivity contribution in [2.24, 2.45) is 0 Å². The number of nitrogens with zero attached hydrogens (tertiary/aromatic N) is 1. The Labute approximate surface area is 117 Å². The van der Waals surface area contributed by atoms with Gasteiger partial charge in [-0.05, 0) is 29.8 Å². The van der Waals surface area contributed by atoms with Gasteiger partial charge < -0.3 is 5.32 Å². The first kappa shape index (κ1) is 14.6. The maximum Gasteiger partial charge on any atom is 0.419 e. The number of rotatable bonds is 3. The summed E-state index contributed by atoms with van der Waals surface area (Å²) in [5, 5.41) is 3.19. The molecule has 0 atom stereocenters. The van der Waals surface area contributed by atoms with Gasteiger partial charge >= 0.3 is 6.18 Å². The third kappa shape index (κ3) is 3.60. The van der Waals surface area contributed by atoms with Crippen molar-refractivity contribution in [1.82, 2.24) is 4.98 Å². The van der Waals surface area contributed by atoms with Gasteiger partial charge in [-0.15, -0.1) is 0 Å².